The molecule has 0 fully saturated rings. The van der Waals surface area contributed by atoms with Crippen LogP contribution in [0.25, 0.3) is 0 Å². The van der Waals surface area contributed by atoms with Crippen molar-refractivity contribution in [2.45, 2.75) is 5.92 Å². The lowest BCUT2D eigenvalue weighted by molar-refractivity contribution is -0.150. The minimum absolute atomic E-state index is 0.0960. The first kappa shape index (κ1) is 25.3. The summed E-state index contributed by atoms with van der Waals surface area (Å²) in [6.07, 6.45) is 0. The first-order valence-electron chi connectivity index (χ1n) is 9.41. The van der Waals surface area contributed by atoms with E-state index in [1.165, 1.54) is 7.11 Å². The van der Waals surface area contributed by atoms with Gasteiger partial charge < -0.3 is 15.4 Å². The monoisotopic (exact) mass is 611 g/mol. The highest BCUT2D eigenvalue weighted by atomic mass is 79.9. The molecule has 0 saturated heterocycles. The van der Waals surface area contributed by atoms with Crippen molar-refractivity contribution in [3.8, 4) is 6.07 Å². The van der Waals surface area contributed by atoms with Crippen molar-refractivity contribution in [1.29, 1.82) is 5.26 Å². The first-order chi connectivity index (χ1) is 15.7. The highest BCUT2D eigenvalue weighted by Gasteiger charge is 2.44. The molecule has 2 amide bonds. The zero-order chi connectivity index (χ0) is 24.1. The first-order valence-corrected chi connectivity index (χ1v) is 12.4. The average Bonchev–Trinajstić information content (AvgIpc) is 2.78. The standard InChI is InChI=1S/C22H16Br2ClN3O4S/c1-32-22(31)19-18(11-3-2-4-12(23)7-11)14(9-26)21(28-20(19)30)33-10-17(29)27-16-6-5-13(24)8-15(16)25/h2-8,18-19H,10H2,1H3,(H,27,29)(H,28,30)/t18-,19+/m0/s1. The second kappa shape index (κ2) is 11.2. The van der Waals surface area contributed by atoms with Gasteiger partial charge in [-0.05, 0) is 35.9 Å². The molecule has 0 radical (unpaired) electrons. The molecular weight excluding hydrogens is 598 g/mol. The van der Waals surface area contributed by atoms with Gasteiger partial charge in [-0.3, -0.25) is 14.4 Å². The molecule has 0 bridgehead atoms. The van der Waals surface area contributed by atoms with Gasteiger partial charge in [-0.25, -0.2) is 0 Å². The molecule has 1 aliphatic rings. The van der Waals surface area contributed by atoms with Gasteiger partial charge in [-0.2, -0.15) is 5.26 Å². The number of esters is 1. The topological polar surface area (TPSA) is 108 Å². The smallest absolute Gasteiger partial charge is 0.319 e. The molecule has 2 aromatic rings. The minimum atomic E-state index is -1.24. The van der Waals surface area contributed by atoms with Crippen molar-refractivity contribution >= 4 is 78.7 Å². The number of rotatable bonds is 6. The molecule has 11 heteroatoms. The SMILES string of the molecule is COC(=O)[C@H]1C(=O)NC(SCC(=O)Nc2ccc(Br)cc2Cl)=C(C#N)[C@@H]1c1cccc(Br)c1. The number of anilines is 1. The maximum atomic E-state index is 12.8. The maximum absolute atomic E-state index is 12.8. The van der Waals surface area contributed by atoms with Crippen molar-refractivity contribution in [1.82, 2.24) is 5.32 Å². The highest BCUT2D eigenvalue weighted by Crippen LogP contribution is 2.40. The van der Waals surface area contributed by atoms with Gasteiger partial charge in [-0.1, -0.05) is 67.4 Å². The van der Waals surface area contributed by atoms with E-state index in [1.54, 1.807) is 42.5 Å². The molecule has 2 atom stereocenters. The van der Waals surface area contributed by atoms with Gasteiger partial charge in [0.15, 0.2) is 0 Å². The summed E-state index contributed by atoms with van der Waals surface area (Å²) in [6, 6.07) is 14.2. The second-order valence-corrected chi connectivity index (χ2v) is 10.1. The van der Waals surface area contributed by atoms with Crippen LogP contribution in [0.1, 0.15) is 11.5 Å². The Morgan fingerprint density at radius 1 is 1.24 bits per heavy atom. The van der Waals surface area contributed by atoms with Crippen LogP contribution in [0.5, 0.6) is 0 Å². The van der Waals surface area contributed by atoms with Crippen LogP contribution < -0.4 is 10.6 Å². The molecule has 2 N–H and O–H groups in total. The predicted molar refractivity (Wildman–Crippen MR) is 133 cm³/mol. The molecule has 7 nitrogen and oxygen atoms in total. The number of methoxy groups -OCH3 is 1. The van der Waals surface area contributed by atoms with Gasteiger partial charge in [0.2, 0.25) is 11.8 Å². The number of amides is 2. The second-order valence-electron chi connectivity index (χ2n) is 6.84. The molecule has 33 heavy (non-hydrogen) atoms. The van der Waals surface area contributed by atoms with Crippen molar-refractivity contribution in [3.05, 3.63) is 72.6 Å². The van der Waals surface area contributed by atoms with E-state index >= 15 is 0 Å². The zero-order valence-corrected chi connectivity index (χ0v) is 21.8. The normalized spacial score (nSPS) is 17.7. The highest BCUT2D eigenvalue weighted by molar-refractivity contribution is 9.10. The lowest BCUT2D eigenvalue weighted by Gasteiger charge is -2.31. The number of allylic oxidation sites excluding steroid dienone is 1. The summed E-state index contributed by atoms with van der Waals surface area (Å²) in [6.45, 7) is 0. The number of ether oxygens (including phenoxy) is 1. The van der Waals surface area contributed by atoms with E-state index in [2.05, 4.69) is 48.6 Å². The summed E-state index contributed by atoms with van der Waals surface area (Å²) in [4.78, 5) is 37.8. The molecule has 0 spiro atoms. The number of hydrogen-bond donors (Lipinski definition) is 2. The average molecular weight is 614 g/mol. The van der Waals surface area contributed by atoms with E-state index in [0.717, 1.165) is 20.7 Å². The summed E-state index contributed by atoms with van der Waals surface area (Å²) in [5.41, 5.74) is 1.20. The molecule has 0 unspecified atom stereocenters. The number of nitriles is 1. The van der Waals surface area contributed by atoms with E-state index in [9.17, 15) is 19.6 Å². The quantitative estimate of drug-likeness (QED) is 0.352. The van der Waals surface area contributed by atoms with Gasteiger partial charge in [0.1, 0.15) is 5.92 Å². The fourth-order valence-electron chi connectivity index (χ4n) is 3.29. The van der Waals surface area contributed by atoms with E-state index in [-0.39, 0.29) is 22.3 Å². The van der Waals surface area contributed by atoms with Gasteiger partial charge in [0.05, 0.1) is 40.2 Å². The molecule has 0 aromatic heterocycles. The number of hydrogen-bond acceptors (Lipinski definition) is 6. The Kier molecular flexibility index (Phi) is 8.59. The van der Waals surface area contributed by atoms with Crippen LogP contribution in [0.15, 0.2) is 62.0 Å². The zero-order valence-electron chi connectivity index (χ0n) is 17.0. The van der Waals surface area contributed by atoms with Crippen molar-refractivity contribution in [3.63, 3.8) is 0 Å². The molecule has 3 rings (SSSR count). The summed E-state index contributed by atoms with van der Waals surface area (Å²) in [5.74, 6) is -3.93. The number of benzene rings is 2. The summed E-state index contributed by atoms with van der Waals surface area (Å²) >= 11 is 13.8. The third kappa shape index (κ3) is 5.98. The Morgan fingerprint density at radius 2 is 1.97 bits per heavy atom. The third-order valence-corrected chi connectivity index (χ3v) is 7.06. The lowest BCUT2D eigenvalue weighted by Crippen LogP contribution is -2.44. The van der Waals surface area contributed by atoms with Crippen LogP contribution in [0.4, 0.5) is 5.69 Å². The van der Waals surface area contributed by atoms with E-state index in [1.807, 2.05) is 0 Å². The Morgan fingerprint density at radius 3 is 2.61 bits per heavy atom. The number of carbonyl (C=O) groups excluding carboxylic acids is 3. The Hall–Kier alpha value is -2.32. The van der Waals surface area contributed by atoms with Gasteiger partial charge in [0.25, 0.3) is 0 Å². The molecule has 1 heterocycles. The van der Waals surface area contributed by atoms with Gasteiger partial charge in [-0.15, -0.1) is 0 Å². The summed E-state index contributed by atoms with van der Waals surface area (Å²) in [7, 11) is 1.19. The predicted octanol–water partition coefficient (Wildman–Crippen LogP) is 4.97. The Bertz CT molecular complexity index is 1200. The molecule has 0 aliphatic carbocycles. The van der Waals surface area contributed by atoms with Crippen molar-refractivity contribution in [2.75, 3.05) is 18.2 Å². The van der Waals surface area contributed by atoms with Crippen LogP contribution in [-0.4, -0.2) is 30.6 Å². The van der Waals surface area contributed by atoms with Gasteiger partial charge >= 0.3 is 5.97 Å². The largest absolute Gasteiger partial charge is 0.468 e. The van der Waals surface area contributed by atoms with Crippen LogP contribution in [0.3, 0.4) is 0 Å². The van der Waals surface area contributed by atoms with Crippen LogP contribution in [0.2, 0.25) is 5.02 Å². The van der Waals surface area contributed by atoms with Crippen LogP contribution >= 0.6 is 55.2 Å². The summed E-state index contributed by atoms with van der Waals surface area (Å²) < 4.78 is 6.32. The van der Waals surface area contributed by atoms with E-state index in [4.69, 9.17) is 16.3 Å². The molecule has 0 saturated carbocycles. The third-order valence-electron chi connectivity index (χ3n) is 4.74. The van der Waals surface area contributed by atoms with E-state index < -0.39 is 23.7 Å². The lowest BCUT2D eigenvalue weighted by atomic mass is 9.78. The van der Waals surface area contributed by atoms with E-state index in [0.29, 0.717) is 16.3 Å². The number of nitrogens with one attached hydrogen (secondary N) is 2. The summed E-state index contributed by atoms with van der Waals surface area (Å²) in [5, 5.41) is 15.8. The van der Waals surface area contributed by atoms with Crippen LogP contribution in [0, 0.1) is 17.2 Å². The minimum Gasteiger partial charge on any atom is -0.468 e. The fourth-order valence-corrected chi connectivity index (χ4v) is 5.28. The fraction of sp³-hybridized carbons (Fsp3) is 0.182. The Balaban J connectivity index is 1.89. The molecular formula is C22H16Br2ClN3O4S. The molecule has 170 valence electrons. The molecule has 2 aromatic carbocycles. The van der Waals surface area contributed by atoms with Gasteiger partial charge in [0, 0.05) is 14.9 Å². The number of carbonyl (C=O) groups is 3. The maximum Gasteiger partial charge on any atom is 0.319 e. The van der Waals surface area contributed by atoms with Crippen molar-refractivity contribution < 1.29 is 19.1 Å². The number of thioether (sulfide) groups is 1. The Labute approximate surface area is 216 Å². The number of halogens is 3. The van der Waals surface area contributed by atoms with Crippen LogP contribution in [-0.2, 0) is 19.1 Å². The van der Waals surface area contributed by atoms with Crippen molar-refractivity contribution in [2.24, 2.45) is 5.92 Å². The molecule has 1 aliphatic heterocycles. The number of nitrogens with zero attached hydrogens (tertiary/aromatic N) is 1.